The number of allylic oxidation sites excluding steroid dienone is 2. The summed E-state index contributed by atoms with van der Waals surface area (Å²) in [6.07, 6.45) is 9.01. The van der Waals surface area contributed by atoms with E-state index in [0.29, 0.717) is 0 Å². The van der Waals surface area contributed by atoms with E-state index in [4.69, 9.17) is 4.42 Å². The Kier molecular flexibility index (Phi) is 4.68. The summed E-state index contributed by atoms with van der Waals surface area (Å²) in [5, 5.41) is 2.36. The third kappa shape index (κ3) is 3.20. The fraction of sp³-hybridized carbons (Fsp3) is 0.0556. The molecule has 0 amide bonds. The average molecular weight is 488 g/mol. The van der Waals surface area contributed by atoms with Crippen LogP contribution in [0, 0.1) is 0 Å². The number of nitrogens with zero attached hydrogens (tertiary/aromatic N) is 1. The van der Waals surface area contributed by atoms with Crippen molar-refractivity contribution >= 4 is 33.3 Å². The lowest BCUT2D eigenvalue weighted by atomic mass is 9.90. The summed E-state index contributed by atoms with van der Waals surface area (Å²) in [5.74, 6) is 0.222. The van der Waals surface area contributed by atoms with Crippen LogP contribution >= 0.6 is 0 Å². The Morgan fingerprint density at radius 1 is 0.553 bits per heavy atom. The summed E-state index contributed by atoms with van der Waals surface area (Å²) in [7, 11) is 0. The molecule has 8 rings (SSSR count). The van der Waals surface area contributed by atoms with Crippen molar-refractivity contribution in [2.75, 3.05) is 4.90 Å². The van der Waals surface area contributed by atoms with Crippen LogP contribution in [0.2, 0.25) is 0 Å². The summed E-state index contributed by atoms with van der Waals surface area (Å²) in [4.78, 5) is 2.51. The molecule has 0 bridgehead atoms. The topological polar surface area (TPSA) is 16.4 Å². The smallest absolute Gasteiger partial charge is 0.141 e. The molecule has 5 aromatic carbocycles. The third-order valence-corrected chi connectivity index (χ3v) is 7.97. The first-order chi connectivity index (χ1) is 18.8. The van der Waals surface area contributed by atoms with Crippen LogP contribution in [-0.2, 0) is 0 Å². The minimum absolute atomic E-state index is 0.184. The van der Waals surface area contributed by atoms with Crippen LogP contribution in [-0.4, -0.2) is 6.04 Å². The lowest BCUT2D eigenvalue weighted by Crippen LogP contribution is -2.28. The predicted octanol–water partition coefficient (Wildman–Crippen LogP) is 9.65. The van der Waals surface area contributed by atoms with Crippen LogP contribution in [0.4, 0.5) is 11.4 Å². The van der Waals surface area contributed by atoms with Gasteiger partial charge >= 0.3 is 0 Å². The van der Waals surface area contributed by atoms with Crippen molar-refractivity contribution < 1.29 is 4.42 Å². The first-order valence-corrected chi connectivity index (χ1v) is 13.2. The second-order valence-corrected chi connectivity index (χ2v) is 10.1. The van der Waals surface area contributed by atoms with Gasteiger partial charge in [0.1, 0.15) is 11.2 Å². The number of anilines is 2. The first kappa shape index (κ1) is 21.3. The fourth-order valence-electron chi connectivity index (χ4n) is 6.26. The molecule has 0 fully saturated rings. The molecule has 2 aliphatic rings. The molecule has 6 aromatic rings. The zero-order valence-corrected chi connectivity index (χ0v) is 20.8. The molecule has 2 heteroatoms. The second kappa shape index (κ2) is 8.36. The van der Waals surface area contributed by atoms with Crippen molar-refractivity contribution in [2.24, 2.45) is 0 Å². The molecule has 2 atom stereocenters. The molecule has 38 heavy (non-hydrogen) atoms. The highest BCUT2D eigenvalue weighted by molar-refractivity contribution is 6.08. The maximum Gasteiger partial charge on any atom is 0.141 e. The van der Waals surface area contributed by atoms with Crippen LogP contribution in [0.1, 0.15) is 11.5 Å². The Labute approximate surface area is 221 Å². The molecule has 0 spiro atoms. The average Bonchev–Trinajstić information content (AvgIpc) is 3.53. The van der Waals surface area contributed by atoms with E-state index in [2.05, 4.69) is 138 Å². The van der Waals surface area contributed by atoms with E-state index < -0.39 is 0 Å². The summed E-state index contributed by atoms with van der Waals surface area (Å²) >= 11 is 0. The molecule has 1 aliphatic heterocycles. The maximum absolute atomic E-state index is 6.53. The van der Waals surface area contributed by atoms with Crippen LogP contribution in [0.15, 0.2) is 144 Å². The van der Waals surface area contributed by atoms with E-state index in [1.807, 2.05) is 6.07 Å². The molecule has 0 saturated heterocycles. The van der Waals surface area contributed by atoms with E-state index in [1.165, 1.54) is 50.0 Å². The molecule has 0 N–H and O–H groups in total. The molecule has 0 radical (unpaired) electrons. The third-order valence-electron chi connectivity index (χ3n) is 7.97. The largest absolute Gasteiger partial charge is 0.456 e. The monoisotopic (exact) mass is 487 g/mol. The van der Waals surface area contributed by atoms with Gasteiger partial charge < -0.3 is 9.32 Å². The normalized spacial score (nSPS) is 17.7. The Hall–Kier alpha value is -4.82. The maximum atomic E-state index is 6.53. The summed E-state index contributed by atoms with van der Waals surface area (Å²) in [6.45, 7) is 0. The van der Waals surface area contributed by atoms with Gasteiger partial charge in [-0.05, 0) is 58.7 Å². The lowest BCUT2D eigenvalue weighted by Gasteiger charge is -2.29. The Bertz CT molecular complexity index is 1820. The minimum Gasteiger partial charge on any atom is -0.456 e. The van der Waals surface area contributed by atoms with Crippen molar-refractivity contribution in [1.29, 1.82) is 0 Å². The number of benzene rings is 5. The van der Waals surface area contributed by atoms with Gasteiger partial charge in [0.25, 0.3) is 0 Å². The molecular formula is C36H25NO. The highest BCUT2D eigenvalue weighted by Gasteiger charge is 2.40. The number of fused-ring (bicyclic) bond motifs is 7. The number of rotatable bonds is 3. The first-order valence-electron chi connectivity index (χ1n) is 13.2. The van der Waals surface area contributed by atoms with Gasteiger partial charge in [0.2, 0.25) is 0 Å². The van der Waals surface area contributed by atoms with Crippen LogP contribution in [0.3, 0.4) is 0 Å². The predicted molar refractivity (Wildman–Crippen MR) is 158 cm³/mol. The van der Waals surface area contributed by atoms with Crippen LogP contribution in [0.5, 0.6) is 0 Å². The number of hydrogen-bond donors (Lipinski definition) is 0. The van der Waals surface area contributed by atoms with E-state index in [-0.39, 0.29) is 12.0 Å². The molecule has 2 nitrogen and oxygen atoms in total. The highest BCUT2D eigenvalue weighted by Crippen LogP contribution is 2.52. The minimum atomic E-state index is 0.184. The molecule has 2 unspecified atom stereocenters. The molecule has 1 aliphatic carbocycles. The van der Waals surface area contributed by atoms with Gasteiger partial charge in [-0.3, -0.25) is 0 Å². The van der Waals surface area contributed by atoms with Crippen molar-refractivity contribution in [1.82, 2.24) is 0 Å². The fourth-order valence-corrected chi connectivity index (χ4v) is 6.26. The van der Waals surface area contributed by atoms with Gasteiger partial charge in [-0.25, -0.2) is 0 Å². The van der Waals surface area contributed by atoms with Gasteiger partial charge in [0, 0.05) is 33.6 Å². The van der Waals surface area contributed by atoms with Crippen molar-refractivity contribution in [2.45, 2.75) is 12.0 Å². The van der Waals surface area contributed by atoms with Gasteiger partial charge in [0.05, 0.1) is 6.04 Å². The van der Waals surface area contributed by atoms with E-state index in [9.17, 15) is 0 Å². The molecule has 180 valence electrons. The lowest BCUT2D eigenvalue weighted by molar-refractivity contribution is 0.656. The Morgan fingerprint density at radius 3 is 1.95 bits per heavy atom. The standard InChI is InChI=1S/C36H25NO/c1-3-11-24(12-4-1)26-21-27(25-13-5-2-6-14-25)23-28(22-26)37-32-17-9-7-16-31(32)35-33(37)20-19-30-29-15-8-10-18-34(29)38-36(30)35/h1-23,31-32H. The van der Waals surface area contributed by atoms with Gasteiger partial charge in [-0.15, -0.1) is 0 Å². The molecule has 2 heterocycles. The van der Waals surface area contributed by atoms with E-state index >= 15 is 0 Å². The molecular weight excluding hydrogens is 462 g/mol. The SMILES string of the molecule is C1=CC2c3c(ccc4c3oc3ccccc34)N(c3cc(-c4ccccc4)cc(-c4ccccc4)c3)C2C=C1. The zero-order chi connectivity index (χ0) is 25.1. The number of para-hydroxylation sites is 1. The number of furan rings is 1. The molecule has 1 aromatic heterocycles. The van der Waals surface area contributed by atoms with E-state index in [0.717, 1.165) is 11.2 Å². The van der Waals surface area contributed by atoms with Gasteiger partial charge in [0.15, 0.2) is 0 Å². The van der Waals surface area contributed by atoms with Gasteiger partial charge in [-0.1, -0.05) is 103 Å². The Balaban J connectivity index is 1.38. The molecule has 0 saturated carbocycles. The van der Waals surface area contributed by atoms with E-state index in [1.54, 1.807) is 0 Å². The second-order valence-electron chi connectivity index (χ2n) is 10.1. The highest BCUT2D eigenvalue weighted by atomic mass is 16.3. The summed E-state index contributed by atoms with van der Waals surface area (Å²) in [6, 6.07) is 41.4. The van der Waals surface area contributed by atoms with Gasteiger partial charge in [-0.2, -0.15) is 0 Å². The van der Waals surface area contributed by atoms with Crippen molar-refractivity contribution in [3.63, 3.8) is 0 Å². The quantitative estimate of drug-likeness (QED) is 0.247. The Morgan fingerprint density at radius 2 is 1.21 bits per heavy atom. The van der Waals surface area contributed by atoms with Crippen LogP contribution < -0.4 is 4.90 Å². The summed E-state index contributed by atoms with van der Waals surface area (Å²) in [5.41, 5.74) is 10.5. The van der Waals surface area contributed by atoms with Crippen LogP contribution in [0.25, 0.3) is 44.2 Å². The number of hydrogen-bond acceptors (Lipinski definition) is 2. The summed E-state index contributed by atoms with van der Waals surface area (Å²) < 4.78 is 6.53. The van der Waals surface area contributed by atoms with Crippen molar-refractivity contribution in [3.05, 3.63) is 145 Å². The van der Waals surface area contributed by atoms with Crippen molar-refractivity contribution in [3.8, 4) is 22.3 Å². The zero-order valence-electron chi connectivity index (χ0n) is 20.8.